The lowest BCUT2D eigenvalue weighted by Gasteiger charge is -2.32. The Hall–Kier alpha value is -3.17. The minimum absolute atomic E-state index is 0.0883. The molecule has 2 aliphatic heterocycles. The van der Waals surface area contributed by atoms with Crippen molar-refractivity contribution in [2.45, 2.75) is 37.9 Å². The average molecular weight is 418 g/mol. The summed E-state index contributed by atoms with van der Waals surface area (Å²) in [6.45, 7) is 1.02. The fraction of sp³-hybridized carbons (Fsp3) is 0.400. The second kappa shape index (κ2) is 8.29. The first kappa shape index (κ1) is 20.1. The van der Waals surface area contributed by atoms with Crippen molar-refractivity contribution in [3.05, 3.63) is 54.0 Å². The number of likely N-dealkylation sites (tertiary alicyclic amines) is 1. The number of aliphatic imine (C=N–C) groups is 1. The third-order valence-electron chi connectivity index (χ3n) is 5.20. The standard InChI is InChI=1S/C20H21F3N6O/c21-20(22,23)14-7-8-18(24-12-14)27-15-4-3-11-28(13-15)19(30)16-5-1-2-6-17(16)29-25-9-10-26-29/h1-2,5-6,9-10,12,15H,3-4,7-8,11,13H2,(H,24,27). The van der Waals surface area contributed by atoms with Crippen LogP contribution in [-0.2, 0) is 0 Å². The zero-order valence-corrected chi connectivity index (χ0v) is 16.1. The minimum Gasteiger partial charge on any atom is -0.350 e. The van der Waals surface area contributed by atoms with Crippen molar-refractivity contribution in [1.29, 1.82) is 0 Å². The smallest absolute Gasteiger partial charge is 0.350 e. The lowest BCUT2D eigenvalue weighted by Crippen LogP contribution is -2.42. The molecule has 1 aromatic carbocycles. The summed E-state index contributed by atoms with van der Waals surface area (Å²) in [7, 11) is 0. The Morgan fingerprint density at radius 3 is 2.63 bits per heavy atom. The number of carbonyl (C=O) groups excluding carboxylic acids is 1. The van der Waals surface area contributed by atoms with E-state index in [0.717, 1.165) is 19.0 Å². The molecule has 1 aromatic heterocycles. The van der Waals surface area contributed by atoms with Gasteiger partial charge in [-0.1, -0.05) is 12.1 Å². The summed E-state index contributed by atoms with van der Waals surface area (Å²) in [5, 5.41) is 10.9. The molecule has 1 N–H and O–H groups in total. The molecule has 10 heteroatoms. The Morgan fingerprint density at radius 2 is 1.93 bits per heavy atom. The van der Waals surface area contributed by atoms with Crippen molar-refractivity contribution in [2.24, 2.45) is 4.99 Å². The van der Waals surface area contributed by atoms with Gasteiger partial charge in [-0.3, -0.25) is 9.79 Å². The van der Waals surface area contributed by atoms with Crippen molar-refractivity contribution >= 4 is 11.7 Å². The van der Waals surface area contributed by atoms with Crippen LogP contribution in [0.4, 0.5) is 13.2 Å². The molecule has 1 atom stereocenters. The van der Waals surface area contributed by atoms with Crippen molar-refractivity contribution in [3.8, 4) is 5.69 Å². The van der Waals surface area contributed by atoms with E-state index in [9.17, 15) is 18.0 Å². The maximum atomic E-state index is 13.2. The first-order valence-electron chi connectivity index (χ1n) is 9.76. The Balaban J connectivity index is 1.47. The first-order valence-corrected chi connectivity index (χ1v) is 9.76. The summed E-state index contributed by atoms with van der Waals surface area (Å²) in [6.07, 6.45) is 1.45. The van der Waals surface area contributed by atoms with E-state index in [-0.39, 0.29) is 24.8 Å². The SMILES string of the molecule is O=C(c1ccccc1-n1nccn1)N1CCCC(N=C2CCC(C(F)(F)F)=CN2)C1. The molecule has 0 aliphatic carbocycles. The number of aromatic nitrogens is 3. The van der Waals surface area contributed by atoms with E-state index in [0.29, 0.717) is 30.2 Å². The fourth-order valence-electron chi connectivity index (χ4n) is 3.70. The number of nitrogens with one attached hydrogen (secondary N) is 1. The molecule has 2 aromatic rings. The highest BCUT2D eigenvalue weighted by Crippen LogP contribution is 2.30. The van der Waals surface area contributed by atoms with Gasteiger partial charge in [-0.25, -0.2) is 0 Å². The Morgan fingerprint density at radius 1 is 1.17 bits per heavy atom. The number of hydrogen-bond acceptors (Lipinski definition) is 4. The van der Waals surface area contributed by atoms with Crippen LogP contribution in [0.15, 0.2) is 53.4 Å². The number of amidine groups is 1. The van der Waals surface area contributed by atoms with Crippen LogP contribution >= 0.6 is 0 Å². The number of para-hydroxylation sites is 1. The number of rotatable bonds is 3. The van der Waals surface area contributed by atoms with Crippen LogP contribution in [0, 0.1) is 0 Å². The first-order chi connectivity index (χ1) is 14.4. The highest BCUT2D eigenvalue weighted by molar-refractivity contribution is 5.97. The zero-order valence-electron chi connectivity index (χ0n) is 16.1. The van der Waals surface area contributed by atoms with E-state index in [1.165, 1.54) is 4.80 Å². The second-order valence-electron chi connectivity index (χ2n) is 7.27. The lowest BCUT2D eigenvalue weighted by molar-refractivity contribution is -0.0944. The molecule has 2 aliphatic rings. The monoisotopic (exact) mass is 418 g/mol. The van der Waals surface area contributed by atoms with Crippen molar-refractivity contribution in [3.63, 3.8) is 0 Å². The van der Waals surface area contributed by atoms with Gasteiger partial charge in [0, 0.05) is 31.3 Å². The molecule has 4 rings (SSSR count). The summed E-state index contributed by atoms with van der Waals surface area (Å²) in [4.78, 5) is 20.9. The molecule has 158 valence electrons. The predicted octanol–water partition coefficient (Wildman–Crippen LogP) is 3.10. The molecule has 0 saturated carbocycles. The molecule has 0 radical (unpaired) electrons. The van der Waals surface area contributed by atoms with Crippen molar-refractivity contribution < 1.29 is 18.0 Å². The molecule has 1 unspecified atom stereocenters. The highest BCUT2D eigenvalue weighted by Gasteiger charge is 2.35. The van der Waals surface area contributed by atoms with Gasteiger partial charge < -0.3 is 10.2 Å². The number of hydrogen-bond donors (Lipinski definition) is 1. The van der Waals surface area contributed by atoms with Gasteiger partial charge in [-0.15, -0.1) is 0 Å². The molecule has 0 spiro atoms. The van der Waals surface area contributed by atoms with Gasteiger partial charge in [0.05, 0.1) is 29.7 Å². The average Bonchev–Trinajstić information content (AvgIpc) is 3.28. The topological polar surface area (TPSA) is 75.4 Å². The summed E-state index contributed by atoms with van der Waals surface area (Å²) < 4.78 is 38.3. The van der Waals surface area contributed by atoms with Crippen LogP contribution in [0.1, 0.15) is 36.0 Å². The van der Waals surface area contributed by atoms with Crippen molar-refractivity contribution in [2.75, 3.05) is 13.1 Å². The van der Waals surface area contributed by atoms with E-state index >= 15 is 0 Å². The van der Waals surface area contributed by atoms with Gasteiger partial charge >= 0.3 is 6.18 Å². The maximum absolute atomic E-state index is 13.2. The van der Waals surface area contributed by atoms with E-state index in [1.54, 1.807) is 35.5 Å². The number of allylic oxidation sites excluding steroid dienone is 1. The predicted molar refractivity (Wildman–Crippen MR) is 104 cm³/mol. The molecular weight excluding hydrogens is 397 g/mol. The minimum atomic E-state index is -4.32. The number of alkyl halides is 3. The van der Waals surface area contributed by atoms with Gasteiger partial charge in [-0.05, 0) is 31.4 Å². The van der Waals surface area contributed by atoms with E-state index in [2.05, 4.69) is 20.5 Å². The molecule has 1 saturated heterocycles. The summed E-state index contributed by atoms with van der Waals surface area (Å²) >= 11 is 0. The Labute approximate surface area is 171 Å². The number of amides is 1. The molecule has 7 nitrogen and oxygen atoms in total. The second-order valence-corrected chi connectivity index (χ2v) is 7.27. The largest absolute Gasteiger partial charge is 0.414 e. The van der Waals surface area contributed by atoms with Crippen LogP contribution in [0.25, 0.3) is 5.69 Å². The normalized spacial score (nSPS) is 21.3. The number of halogens is 3. The van der Waals surface area contributed by atoms with Crippen LogP contribution in [-0.4, -0.2) is 56.9 Å². The molecule has 1 fully saturated rings. The van der Waals surface area contributed by atoms with Crippen LogP contribution < -0.4 is 5.32 Å². The summed E-state index contributed by atoms with van der Waals surface area (Å²) in [5.74, 6) is 0.395. The van der Waals surface area contributed by atoms with Crippen LogP contribution in [0.3, 0.4) is 0 Å². The quantitative estimate of drug-likeness (QED) is 0.831. The van der Waals surface area contributed by atoms with E-state index < -0.39 is 11.7 Å². The number of benzene rings is 1. The van der Waals surface area contributed by atoms with Gasteiger partial charge in [-0.2, -0.15) is 28.2 Å². The van der Waals surface area contributed by atoms with E-state index in [1.807, 2.05) is 6.07 Å². The van der Waals surface area contributed by atoms with Gasteiger partial charge in [0.1, 0.15) is 5.84 Å². The zero-order chi connectivity index (χ0) is 21.1. The maximum Gasteiger partial charge on any atom is 0.414 e. The molecular formula is C20H21F3N6O. The van der Waals surface area contributed by atoms with E-state index in [4.69, 9.17) is 0 Å². The van der Waals surface area contributed by atoms with Gasteiger partial charge in [0.2, 0.25) is 0 Å². The summed E-state index contributed by atoms with van der Waals surface area (Å²) in [6, 6.07) is 6.98. The fourth-order valence-corrected chi connectivity index (χ4v) is 3.70. The third-order valence-corrected chi connectivity index (χ3v) is 5.20. The Bertz CT molecular complexity index is 967. The van der Waals surface area contributed by atoms with Gasteiger partial charge in [0.15, 0.2) is 0 Å². The Kier molecular flexibility index (Phi) is 5.56. The molecule has 30 heavy (non-hydrogen) atoms. The molecule has 3 heterocycles. The third kappa shape index (κ3) is 4.37. The van der Waals surface area contributed by atoms with Crippen LogP contribution in [0.5, 0.6) is 0 Å². The summed E-state index contributed by atoms with van der Waals surface area (Å²) in [5.41, 5.74) is 0.515. The van der Waals surface area contributed by atoms with Crippen LogP contribution in [0.2, 0.25) is 0 Å². The number of nitrogens with zero attached hydrogens (tertiary/aromatic N) is 5. The number of carbonyl (C=O) groups is 1. The lowest BCUT2D eigenvalue weighted by atomic mass is 10.0. The number of piperidine rings is 1. The van der Waals surface area contributed by atoms with Gasteiger partial charge in [0.25, 0.3) is 5.91 Å². The molecule has 1 amide bonds. The molecule has 0 bridgehead atoms. The van der Waals surface area contributed by atoms with Crippen molar-refractivity contribution in [1.82, 2.24) is 25.2 Å². The highest BCUT2D eigenvalue weighted by atomic mass is 19.4.